The van der Waals surface area contributed by atoms with Crippen LogP contribution in [0.5, 0.6) is 0 Å². The molecule has 2 nitrogen and oxygen atoms in total. The molecule has 0 aliphatic carbocycles. The highest BCUT2D eigenvalue weighted by atomic mass is 19.4. The van der Waals surface area contributed by atoms with Gasteiger partial charge in [-0.25, -0.2) is 0 Å². The van der Waals surface area contributed by atoms with Crippen molar-refractivity contribution in [1.29, 1.82) is 0 Å². The molecule has 0 fully saturated rings. The summed E-state index contributed by atoms with van der Waals surface area (Å²) in [6.07, 6.45) is -4.25. The van der Waals surface area contributed by atoms with Gasteiger partial charge in [-0.05, 0) is 31.9 Å². The molecule has 0 saturated carbocycles. The number of hydrogen-bond acceptors (Lipinski definition) is 2. The highest BCUT2D eigenvalue weighted by Gasteiger charge is 2.27. The molecule has 0 aliphatic rings. The number of halogens is 3. The minimum Gasteiger partial charge on any atom is -0.371 e. The Labute approximate surface area is 112 Å². The summed E-state index contributed by atoms with van der Waals surface area (Å²) in [5, 5.41) is 3.16. The molecule has 0 amide bonds. The van der Waals surface area contributed by atoms with Gasteiger partial charge < -0.3 is 10.1 Å². The van der Waals surface area contributed by atoms with E-state index in [-0.39, 0.29) is 12.6 Å². The maximum Gasteiger partial charge on any atom is 0.411 e. The lowest BCUT2D eigenvalue weighted by Gasteiger charge is -2.17. The zero-order valence-electron chi connectivity index (χ0n) is 11.5. The Morgan fingerprint density at radius 3 is 2.58 bits per heavy atom. The Hall–Kier alpha value is -1.07. The molecule has 0 bridgehead atoms. The van der Waals surface area contributed by atoms with Crippen molar-refractivity contribution < 1.29 is 17.9 Å². The van der Waals surface area contributed by atoms with Gasteiger partial charge in [-0.3, -0.25) is 0 Å². The van der Waals surface area contributed by atoms with Crippen LogP contribution in [0.2, 0.25) is 0 Å². The van der Waals surface area contributed by atoms with Gasteiger partial charge in [0.1, 0.15) is 6.61 Å². The fraction of sp³-hybridized carbons (Fsp3) is 0.571. The van der Waals surface area contributed by atoms with Crippen molar-refractivity contribution in [2.24, 2.45) is 0 Å². The molecule has 1 N–H and O–H groups in total. The summed E-state index contributed by atoms with van der Waals surface area (Å²) in [4.78, 5) is 0. The molecule has 19 heavy (non-hydrogen) atoms. The highest BCUT2D eigenvalue weighted by Crippen LogP contribution is 2.18. The molecule has 1 atom stereocenters. The smallest absolute Gasteiger partial charge is 0.371 e. The third-order valence-electron chi connectivity index (χ3n) is 2.86. The van der Waals surface area contributed by atoms with Crippen LogP contribution in [0, 0.1) is 13.8 Å². The number of rotatable bonds is 6. The average Bonchev–Trinajstić information content (AvgIpc) is 2.30. The van der Waals surface area contributed by atoms with Gasteiger partial charge in [0.2, 0.25) is 0 Å². The summed E-state index contributed by atoms with van der Waals surface area (Å²) >= 11 is 0. The molecular formula is C14H20F3NO. The highest BCUT2D eigenvalue weighted by molar-refractivity contribution is 5.32. The standard InChI is InChI=1S/C14H20F3NO/c1-10-4-5-11(2)13(8-10)12(3)18-6-7-19-9-14(15,16)17/h4-5,8,12,18H,6-7,9H2,1-3H3. The van der Waals surface area contributed by atoms with Gasteiger partial charge in [0.15, 0.2) is 0 Å². The third kappa shape index (κ3) is 6.07. The maximum absolute atomic E-state index is 11.9. The lowest BCUT2D eigenvalue weighted by molar-refractivity contribution is -0.173. The first-order chi connectivity index (χ1) is 8.79. The second kappa shape index (κ2) is 6.91. The summed E-state index contributed by atoms with van der Waals surface area (Å²) in [6.45, 7) is 5.28. The largest absolute Gasteiger partial charge is 0.411 e. The fourth-order valence-electron chi connectivity index (χ4n) is 1.87. The number of alkyl halides is 3. The molecule has 1 aromatic rings. The van der Waals surface area contributed by atoms with Crippen LogP contribution in [0.15, 0.2) is 18.2 Å². The van der Waals surface area contributed by atoms with Crippen molar-refractivity contribution >= 4 is 0 Å². The maximum atomic E-state index is 11.9. The van der Waals surface area contributed by atoms with Crippen molar-refractivity contribution in [2.45, 2.75) is 33.0 Å². The van der Waals surface area contributed by atoms with Crippen molar-refractivity contribution in [3.05, 3.63) is 34.9 Å². The number of nitrogens with one attached hydrogen (secondary N) is 1. The normalized spacial score (nSPS) is 13.6. The predicted molar refractivity (Wildman–Crippen MR) is 69.2 cm³/mol. The van der Waals surface area contributed by atoms with Gasteiger partial charge in [-0.15, -0.1) is 0 Å². The molecule has 0 aromatic heterocycles. The monoisotopic (exact) mass is 275 g/mol. The lowest BCUT2D eigenvalue weighted by Crippen LogP contribution is -2.26. The van der Waals surface area contributed by atoms with Crippen molar-refractivity contribution in [2.75, 3.05) is 19.8 Å². The minimum absolute atomic E-state index is 0.0503. The van der Waals surface area contributed by atoms with Crippen LogP contribution in [0.1, 0.15) is 29.7 Å². The first-order valence-corrected chi connectivity index (χ1v) is 6.24. The minimum atomic E-state index is -4.25. The van der Waals surface area contributed by atoms with Crippen molar-refractivity contribution in [1.82, 2.24) is 5.32 Å². The molecule has 1 unspecified atom stereocenters. The number of ether oxygens (including phenoxy) is 1. The second-order valence-electron chi connectivity index (χ2n) is 4.70. The van der Waals surface area contributed by atoms with Crippen LogP contribution in [0.4, 0.5) is 13.2 Å². The van der Waals surface area contributed by atoms with E-state index in [1.807, 2.05) is 32.9 Å². The third-order valence-corrected chi connectivity index (χ3v) is 2.86. The van der Waals surface area contributed by atoms with E-state index in [4.69, 9.17) is 0 Å². The Kier molecular flexibility index (Phi) is 5.82. The van der Waals surface area contributed by atoms with E-state index in [2.05, 4.69) is 16.1 Å². The number of aryl methyl sites for hydroxylation is 2. The van der Waals surface area contributed by atoms with E-state index >= 15 is 0 Å². The zero-order valence-corrected chi connectivity index (χ0v) is 11.5. The Bertz CT molecular complexity index is 404. The number of benzene rings is 1. The quantitative estimate of drug-likeness (QED) is 0.802. The molecule has 0 radical (unpaired) electrons. The van der Waals surface area contributed by atoms with Crippen molar-refractivity contribution in [3.8, 4) is 0 Å². The van der Waals surface area contributed by atoms with E-state index in [9.17, 15) is 13.2 Å². The van der Waals surface area contributed by atoms with Gasteiger partial charge in [0, 0.05) is 12.6 Å². The Morgan fingerprint density at radius 1 is 1.26 bits per heavy atom. The van der Waals surface area contributed by atoms with Crippen LogP contribution in [-0.4, -0.2) is 25.9 Å². The summed E-state index contributed by atoms with van der Waals surface area (Å²) in [7, 11) is 0. The lowest BCUT2D eigenvalue weighted by atomic mass is 10.00. The van der Waals surface area contributed by atoms with E-state index < -0.39 is 12.8 Å². The summed E-state index contributed by atoms with van der Waals surface area (Å²) in [5.74, 6) is 0. The van der Waals surface area contributed by atoms with Crippen LogP contribution in [0.25, 0.3) is 0 Å². The van der Waals surface area contributed by atoms with E-state index in [1.54, 1.807) is 0 Å². The molecule has 0 heterocycles. The predicted octanol–water partition coefficient (Wildman–Crippen LogP) is 3.53. The zero-order chi connectivity index (χ0) is 14.5. The molecule has 0 aliphatic heterocycles. The van der Waals surface area contributed by atoms with Crippen molar-refractivity contribution in [3.63, 3.8) is 0 Å². The van der Waals surface area contributed by atoms with Gasteiger partial charge in [-0.2, -0.15) is 13.2 Å². The molecule has 0 spiro atoms. The van der Waals surface area contributed by atoms with Crippen LogP contribution < -0.4 is 5.32 Å². The molecule has 1 rings (SSSR count). The van der Waals surface area contributed by atoms with Gasteiger partial charge in [0.05, 0.1) is 6.61 Å². The van der Waals surface area contributed by atoms with Crippen LogP contribution in [-0.2, 0) is 4.74 Å². The molecule has 0 saturated heterocycles. The van der Waals surface area contributed by atoms with E-state index in [0.717, 1.165) is 5.56 Å². The Balaban J connectivity index is 2.35. The van der Waals surface area contributed by atoms with Gasteiger partial charge in [0.25, 0.3) is 0 Å². The second-order valence-corrected chi connectivity index (χ2v) is 4.70. The Morgan fingerprint density at radius 2 is 1.95 bits per heavy atom. The topological polar surface area (TPSA) is 21.3 Å². The van der Waals surface area contributed by atoms with Gasteiger partial charge >= 0.3 is 6.18 Å². The molecule has 108 valence electrons. The molecule has 5 heteroatoms. The molecule has 1 aromatic carbocycles. The molecular weight excluding hydrogens is 255 g/mol. The number of hydrogen-bond donors (Lipinski definition) is 1. The van der Waals surface area contributed by atoms with Gasteiger partial charge in [-0.1, -0.05) is 23.8 Å². The summed E-state index contributed by atoms with van der Waals surface area (Å²) < 4.78 is 40.1. The summed E-state index contributed by atoms with van der Waals surface area (Å²) in [5.41, 5.74) is 3.50. The van der Waals surface area contributed by atoms with Crippen LogP contribution >= 0.6 is 0 Å². The fourth-order valence-corrected chi connectivity index (χ4v) is 1.87. The van der Waals surface area contributed by atoms with Crippen LogP contribution in [0.3, 0.4) is 0 Å². The first-order valence-electron chi connectivity index (χ1n) is 6.24. The first kappa shape index (κ1) is 16.0. The van der Waals surface area contributed by atoms with E-state index in [0.29, 0.717) is 6.54 Å². The average molecular weight is 275 g/mol. The SMILES string of the molecule is Cc1ccc(C)c(C(C)NCCOCC(F)(F)F)c1. The summed E-state index contributed by atoms with van der Waals surface area (Å²) in [6, 6.07) is 6.26. The van der Waals surface area contributed by atoms with E-state index in [1.165, 1.54) is 11.1 Å².